The lowest BCUT2D eigenvalue weighted by Gasteiger charge is -2.07. The second-order valence-corrected chi connectivity index (χ2v) is 7.09. The third-order valence-corrected chi connectivity index (χ3v) is 4.56. The summed E-state index contributed by atoms with van der Waals surface area (Å²) in [6.45, 7) is 0.364. The number of rotatable bonds is 5. The molecule has 0 fully saturated rings. The average Bonchev–Trinajstić information content (AvgIpc) is 3.16. The van der Waals surface area contributed by atoms with Gasteiger partial charge in [-0.3, -0.25) is 0 Å². The first-order chi connectivity index (χ1) is 15.5. The lowest BCUT2D eigenvalue weighted by atomic mass is 10.0. The Morgan fingerprint density at radius 1 is 0.938 bits per heavy atom. The number of nitrogens with zero attached hydrogens (tertiary/aromatic N) is 7. The number of hydrogen-bond acceptors (Lipinski definition) is 7. The second kappa shape index (κ2) is 8.10. The van der Waals surface area contributed by atoms with E-state index in [0.717, 1.165) is 34.8 Å². The highest BCUT2D eigenvalue weighted by Crippen LogP contribution is 2.23. The van der Waals surface area contributed by atoms with Gasteiger partial charge in [0.1, 0.15) is 25.2 Å². The fraction of sp³-hybridized carbons (Fsp3) is 0.0476. The van der Waals surface area contributed by atoms with Gasteiger partial charge in [-0.05, 0) is 11.6 Å². The molecule has 0 aliphatic carbocycles. The minimum absolute atomic E-state index is 0.0269. The van der Waals surface area contributed by atoms with E-state index in [9.17, 15) is 8.78 Å². The van der Waals surface area contributed by atoms with Gasteiger partial charge in [0.15, 0.2) is 5.82 Å². The number of halogens is 2. The normalized spacial score (nSPS) is 11.1. The van der Waals surface area contributed by atoms with E-state index in [0.29, 0.717) is 23.7 Å². The molecule has 0 aliphatic heterocycles. The van der Waals surface area contributed by atoms with Crippen LogP contribution in [0.4, 0.5) is 8.78 Å². The van der Waals surface area contributed by atoms with Crippen molar-refractivity contribution >= 4 is 24.6 Å². The topological polar surface area (TPSA) is 91.5 Å². The first-order valence-corrected chi connectivity index (χ1v) is 9.62. The number of ether oxygens (including phenoxy) is 1. The summed E-state index contributed by atoms with van der Waals surface area (Å²) in [5.41, 5.74) is 3.47. The second-order valence-electron chi connectivity index (χ2n) is 7.09. The molecule has 0 bridgehead atoms. The van der Waals surface area contributed by atoms with Gasteiger partial charge in [0.05, 0.1) is 12.7 Å². The largest absolute Gasteiger partial charge is 0.437 e. The molecule has 0 N–H and O–H groups in total. The summed E-state index contributed by atoms with van der Waals surface area (Å²) in [6, 6.07) is 10.6. The summed E-state index contributed by atoms with van der Waals surface area (Å²) < 4.78 is 33.9. The summed E-state index contributed by atoms with van der Waals surface area (Å²) in [5.74, 6) is -0.844. The highest BCUT2D eigenvalue weighted by Gasteiger charge is 2.12. The highest BCUT2D eigenvalue weighted by atomic mass is 19.1. The van der Waals surface area contributed by atoms with Crippen molar-refractivity contribution in [3.8, 4) is 23.0 Å². The van der Waals surface area contributed by atoms with Gasteiger partial charge < -0.3 is 4.74 Å². The quantitative estimate of drug-likeness (QED) is 0.395. The molecule has 0 amide bonds. The maximum atomic E-state index is 13.4. The van der Waals surface area contributed by atoms with E-state index in [1.54, 1.807) is 17.1 Å². The van der Waals surface area contributed by atoms with Gasteiger partial charge in [-0.2, -0.15) is 4.98 Å². The Hall–Kier alpha value is -4.28. The minimum atomic E-state index is -0.752. The lowest BCUT2D eigenvalue weighted by Crippen LogP contribution is -2.06. The van der Waals surface area contributed by atoms with Crippen LogP contribution in [0.25, 0.3) is 22.7 Å². The average molecular weight is 429 g/mol. The number of benzene rings is 2. The molecule has 5 aromatic rings. The van der Waals surface area contributed by atoms with E-state index >= 15 is 0 Å². The standard InChI is InChI=1S/C21H14BF2N7O/c22-14-8-25-19(26-9-14)13-3-1-2-12(4-13)11-31-21-20(29-30-31)27-10-18(28-21)32-17-6-15(23)5-16(24)7-17/h1-10H,11,22H2. The lowest BCUT2D eigenvalue weighted by molar-refractivity contribution is 0.450. The Bertz CT molecular complexity index is 1410. The zero-order valence-electron chi connectivity index (χ0n) is 16.8. The molecule has 156 valence electrons. The molecule has 11 heteroatoms. The summed E-state index contributed by atoms with van der Waals surface area (Å²) in [4.78, 5) is 17.3. The van der Waals surface area contributed by atoms with Crippen molar-refractivity contribution in [2.75, 3.05) is 0 Å². The van der Waals surface area contributed by atoms with Crippen LogP contribution in [-0.4, -0.2) is 42.8 Å². The smallest absolute Gasteiger partial charge is 0.240 e. The SMILES string of the molecule is Bc1cnc(-c2cccc(Cn3nnc4ncc(Oc5cc(F)cc(F)c5)nc43)c2)nc1. The summed E-state index contributed by atoms with van der Waals surface area (Å²) in [7, 11) is 1.93. The van der Waals surface area contributed by atoms with Crippen molar-refractivity contribution in [3.63, 3.8) is 0 Å². The Morgan fingerprint density at radius 2 is 1.72 bits per heavy atom. The van der Waals surface area contributed by atoms with Gasteiger partial charge in [0.2, 0.25) is 17.2 Å². The fourth-order valence-electron chi connectivity index (χ4n) is 3.13. The van der Waals surface area contributed by atoms with Crippen molar-refractivity contribution in [2.45, 2.75) is 6.54 Å². The Balaban J connectivity index is 1.43. The molecule has 32 heavy (non-hydrogen) atoms. The van der Waals surface area contributed by atoms with Crippen LogP contribution in [0.5, 0.6) is 11.6 Å². The van der Waals surface area contributed by atoms with Crippen molar-refractivity contribution in [1.29, 1.82) is 0 Å². The van der Waals surface area contributed by atoms with E-state index in [4.69, 9.17) is 4.74 Å². The maximum Gasteiger partial charge on any atom is 0.240 e. The fourth-order valence-corrected chi connectivity index (χ4v) is 3.13. The van der Waals surface area contributed by atoms with Gasteiger partial charge in [0.25, 0.3) is 0 Å². The monoisotopic (exact) mass is 429 g/mol. The maximum absolute atomic E-state index is 13.4. The zero-order chi connectivity index (χ0) is 22.1. The van der Waals surface area contributed by atoms with Gasteiger partial charge in [-0.1, -0.05) is 28.9 Å². The molecule has 0 radical (unpaired) electrons. The molecule has 0 unspecified atom stereocenters. The van der Waals surface area contributed by atoms with E-state index < -0.39 is 11.6 Å². The predicted molar refractivity (Wildman–Crippen MR) is 114 cm³/mol. The summed E-state index contributed by atoms with van der Waals surface area (Å²) in [6.07, 6.45) is 4.85. The summed E-state index contributed by atoms with van der Waals surface area (Å²) >= 11 is 0. The van der Waals surface area contributed by atoms with E-state index in [1.165, 1.54) is 6.20 Å². The molecular formula is C21H14BF2N7O. The number of hydrogen-bond donors (Lipinski definition) is 0. The third-order valence-electron chi connectivity index (χ3n) is 4.56. The predicted octanol–water partition coefficient (Wildman–Crippen LogP) is 2.06. The molecule has 8 nitrogen and oxygen atoms in total. The molecule has 2 aromatic carbocycles. The number of aromatic nitrogens is 7. The first-order valence-electron chi connectivity index (χ1n) is 9.62. The zero-order valence-corrected chi connectivity index (χ0v) is 16.8. The third kappa shape index (κ3) is 4.13. The van der Waals surface area contributed by atoms with Crippen molar-refractivity contribution in [3.05, 3.63) is 78.3 Å². The molecule has 0 aliphatic rings. The first kappa shape index (κ1) is 19.7. The van der Waals surface area contributed by atoms with Crippen LogP contribution in [0.3, 0.4) is 0 Å². The minimum Gasteiger partial charge on any atom is -0.437 e. The number of fused-ring (bicyclic) bond motifs is 1. The van der Waals surface area contributed by atoms with Crippen molar-refractivity contribution in [1.82, 2.24) is 34.9 Å². The molecule has 3 heterocycles. The van der Waals surface area contributed by atoms with E-state index in [-0.39, 0.29) is 11.6 Å². The van der Waals surface area contributed by atoms with Crippen molar-refractivity contribution in [2.24, 2.45) is 0 Å². The Labute approximate surface area is 181 Å². The van der Waals surface area contributed by atoms with Crippen LogP contribution in [0.1, 0.15) is 5.56 Å². The van der Waals surface area contributed by atoms with Crippen LogP contribution in [0, 0.1) is 11.6 Å². The molecule has 0 atom stereocenters. The molecular weight excluding hydrogens is 415 g/mol. The van der Waals surface area contributed by atoms with Crippen LogP contribution >= 0.6 is 0 Å². The van der Waals surface area contributed by atoms with Crippen LogP contribution in [0.2, 0.25) is 0 Å². The van der Waals surface area contributed by atoms with Gasteiger partial charge >= 0.3 is 0 Å². The van der Waals surface area contributed by atoms with Crippen LogP contribution in [0.15, 0.2) is 61.1 Å². The van der Waals surface area contributed by atoms with E-state index in [2.05, 4.69) is 30.2 Å². The van der Waals surface area contributed by atoms with E-state index in [1.807, 2.05) is 32.1 Å². The molecule has 0 spiro atoms. The molecule has 3 aromatic heterocycles. The molecule has 5 rings (SSSR count). The van der Waals surface area contributed by atoms with Crippen LogP contribution in [-0.2, 0) is 6.54 Å². The van der Waals surface area contributed by atoms with Crippen LogP contribution < -0.4 is 10.2 Å². The molecule has 0 saturated heterocycles. The van der Waals surface area contributed by atoms with Gasteiger partial charge in [-0.25, -0.2) is 28.4 Å². The highest BCUT2D eigenvalue weighted by molar-refractivity contribution is 6.31. The Morgan fingerprint density at radius 3 is 2.50 bits per heavy atom. The van der Waals surface area contributed by atoms with Gasteiger partial charge in [0, 0.05) is 36.2 Å². The summed E-state index contributed by atoms with van der Waals surface area (Å²) in [5, 5.41) is 8.14. The van der Waals surface area contributed by atoms with Crippen molar-refractivity contribution < 1.29 is 13.5 Å². The Kier molecular flexibility index (Phi) is 4.98. The molecule has 0 saturated carbocycles. The van der Waals surface area contributed by atoms with Gasteiger partial charge in [-0.15, -0.1) is 5.10 Å².